The molecule has 1 rings (SSSR count). The third-order valence-electron chi connectivity index (χ3n) is 4.47. The van der Waals surface area contributed by atoms with Gasteiger partial charge < -0.3 is 16.0 Å². The van der Waals surface area contributed by atoms with E-state index in [0.29, 0.717) is 32.0 Å². The van der Waals surface area contributed by atoms with Gasteiger partial charge in [-0.15, -0.1) is 0 Å². The molecule has 0 unspecified atom stereocenters. The van der Waals surface area contributed by atoms with E-state index in [0.717, 1.165) is 19.4 Å². The molecule has 9 heteroatoms. The Morgan fingerprint density at radius 3 is 2.35 bits per heavy atom. The van der Waals surface area contributed by atoms with Crippen LogP contribution in [0.2, 0.25) is 0 Å². The lowest BCUT2D eigenvalue weighted by Gasteiger charge is -2.32. The van der Waals surface area contributed by atoms with Crippen LogP contribution in [-0.2, 0) is 14.8 Å². The number of hydrogen-bond acceptors (Lipinski definition) is 4. The van der Waals surface area contributed by atoms with E-state index in [1.54, 1.807) is 11.4 Å². The van der Waals surface area contributed by atoms with Gasteiger partial charge in [0.1, 0.15) is 0 Å². The summed E-state index contributed by atoms with van der Waals surface area (Å²) in [6, 6.07) is 0.170. The minimum atomic E-state index is -3.12. The lowest BCUT2D eigenvalue weighted by atomic mass is 9.93. The van der Waals surface area contributed by atoms with Crippen LogP contribution in [0.5, 0.6) is 0 Å². The molecule has 0 bridgehead atoms. The standard InChI is InChI=1S/C17H35N5O3S/c1-6-12-26(24,25)22-10-8-14(9-11-22)21-16(19-7-2)20-13-17(3,4)15(23)18-5/h14H,6-13H2,1-5H3,(H,18,23)(H2,19,20,21). The van der Waals surface area contributed by atoms with Crippen LogP contribution < -0.4 is 16.0 Å². The van der Waals surface area contributed by atoms with Crippen LogP contribution >= 0.6 is 0 Å². The van der Waals surface area contributed by atoms with Crippen molar-refractivity contribution in [2.75, 3.05) is 39.0 Å². The van der Waals surface area contributed by atoms with Crippen molar-refractivity contribution >= 4 is 21.9 Å². The Bertz CT molecular complexity index is 581. The van der Waals surface area contributed by atoms with Crippen LogP contribution in [0.3, 0.4) is 0 Å². The molecule has 26 heavy (non-hydrogen) atoms. The molecular formula is C17H35N5O3S. The SMILES string of the molecule is CCCS(=O)(=O)N1CCC(NC(=NCC(C)(C)C(=O)NC)NCC)CC1. The van der Waals surface area contributed by atoms with Gasteiger partial charge in [-0.3, -0.25) is 9.79 Å². The molecule has 0 atom stereocenters. The molecule has 1 amide bonds. The van der Waals surface area contributed by atoms with Gasteiger partial charge in [-0.1, -0.05) is 6.92 Å². The molecule has 1 saturated heterocycles. The van der Waals surface area contributed by atoms with Crippen LogP contribution in [-0.4, -0.2) is 69.6 Å². The number of aliphatic imine (C=N–C) groups is 1. The van der Waals surface area contributed by atoms with Crippen LogP contribution in [0.25, 0.3) is 0 Å². The second-order valence-corrected chi connectivity index (χ2v) is 9.38. The van der Waals surface area contributed by atoms with Gasteiger partial charge in [0.15, 0.2) is 5.96 Å². The second-order valence-electron chi connectivity index (χ2n) is 7.29. The number of carbonyl (C=O) groups excluding carboxylic acids is 1. The molecule has 0 aromatic carbocycles. The van der Waals surface area contributed by atoms with Gasteiger partial charge in [0.25, 0.3) is 0 Å². The van der Waals surface area contributed by atoms with Crippen molar-refractivity contribution in [2.24, 2.45) is 10.4 Å². The first-order chi connectivity index (χ1) is 12.2. The fourth-order valence-corrected chi connectivity index (χ4v) is 4.41. The summed E-state index contributed by atoms with van der Waals surface area (Å²) in [5.74, 6) is 0.829. The zero-order valence-corrected chi connectivity index (χ0v) is 17.6. The minimum absolute atomic E-state index is 0.0495. The second kappa shape index (κ2) is 10.1. The Labute approximate surface area is 158 Å². The molecule has 1 aliphatic heterocycles. The molecule has 0 radical (unpaired) electrons. The summed E-state index contributed by atoms with van der Waals surface area (Å²) in [6.45, 7) is 9.73. The third kappa shape index (κ3) is 6.75. The first-order valence-corrected chi connectivity index (χ1v) is 11.0. The molecule has 0 spiro atoms. The first kappa shape index (κ1) is 22.7. The molecule has 1 fully saturated rings. The van der Waals surface area contributed by atoms with Gasteiger partial charge >= 0.3 is 0 Å². The number of sulfonamides is 1. The topological polar surface area (TPSA) is 103 Å². The van der Waals surface area contributed by atoms with Gasteiger partial charge in [-0.2, -0.15) is 0 Å². The highest BCUT2D eigenvalue weighted by atomic mass is 32.2. The summed E-state index contributed by atoms with van der Waals surface area (Å²) >= 11 is 0. The fourth-order valence-electron chi connectivity index (χ4n) is 2.87. The van der Waals surface area contributed by atoms with Gasteiger partial charge in [0, 0.05) is 32.7 Å². The van der Waals surface area contributed by atoms with Crippen molar-refractivity contribution in [3.8, 4) is 0 Å². The molecule has 0 aliphatic carbocycles. The number of rotatable bonds is 8. The number of piperidine rings is 1. The Morgan fingerprint density at radius 1 is 1.23 bits per heavy atom. The van der Waals surface area contributed by atoms with Crippen molar-refractivity contribution in [1.82, 2.24) is 20.3 Å². The molecule has 152 valence electrons. The maximum Gasteiger partial charge on any atom is 0.227 e. The van der Waals surface area contributed by atoms with E-state index in [2.05, 4.69) is 20.9 Å². The number of guanidine groups is 1. The minimum Gasteiger partial charge on any atom is -0.359 e. The lowest BCUT2D eigenvalue weighted by molar-refractivity contribution is -0.128. The molecule has 0 aromatic heterocycles. The van der Waals surface area contributed by atoms with Crippen molar-refractivity contribution < 1.29 is 13.2 Å². The Hall–Kier alpha value is -1.35. The monoisotopic (exact) mass is 389 g/mol. The van der Waals surface area contributed by atoms with Crippen LogP contribution in [0.4, 0.5) is 0 Å². The molecule has 1 heterocycles. The summed E-state index contributed by atoms with van der Waals surface area (Å²) in [5.41, 5.74) is -0.589. The molecule has 3 N–H and O–H groups in total. The fraction of sp³-hybridized carbons (Fsp3) is 0.882. The zero-order valence-electron chi connectivity index (χ0n) is 16.8. The van der Waals surface area contributed by atoms with E-state index in [-0.39, 0.29) is 17.7 Å². The Morgan fingerprint density at radius 2 is 1.85 bits per heavy atom. The maximum atomic E-state index is 12.2. The normalized spacial score (nSPS) is 17.8. The van der Waals surface area contributed by atoms with E-state index in [9.17, 15) is 13.2 Å². The van der Waals surface area contributed by atoms with E-state index in [1.807, 2.05) is 27.7 Å². The van der Waals surface area contributed by atoms with E-state index in [1.165, 1.54) is 0 Å². The molecular weight excluding hydrogens is 354 g/mol. The molecule has 0 saturated carbocycles. The van der Waals surface area contributed by atoms with Gasteiger partial charge in [-0.05, 0) is 40.0 Å². The number of nitrogens with one attached hydrogen (secondary N) is 3. The van der Waals surface area contributed by atoms with Crippen molar-refractivity contribution in [1.29, 1.82) is 0 Å². The van der Waals surface area contributed by atoms with Crippen LogP contribution in [0.1, 0.15) is 47.0 Å². The van der Waals surface area contributed by atoms with E-state index >= 15 is 0 Å². The molecule has 8 nitrogen and oxygen atoms in total. The highest BCUT2D eigenvalue weighted by Gasteiger charge is 2.29. The maximum absolute atomic E-state index is 12.2. The van der Waals surface area contributed by atoms with Gasteiger partial charge in [0.2, 0.25) is 15.9 Å². The summed E-state index contributed by atoms with van der Waals surface area (Å²) < 4.78 is 25.9. The zero-order chi connectivity index (χ0) is 19.8. The van der Waals surface area contributed by atoms with Crippen molar-refractivity contribution in [2.45, 2.75) is 53.0 Å². The number of amides is 1. The highest BCUT2D eigenvalue weighted by molar-refractivity contribution is 7.89. The average Bonchev–Trinajstić information content (AvgIpc) is 2.59. The van der Waals surface area contributed by atoms with Crippen LogP contribution in [0, 0.1) is 5.41 Å². The predicted molar refractivity (Wildman–Crippen MR) is 106 cm³/mol. The largest absolute Gasteiger partial charge is 0.359 e. The number of hydrogen-bond donors (Lipinski definition) is 3. The molecule has 1 aliphatic rings. The van der Waals surface area contributed by atoms with Gasteiger partial charge in [-0.25, -0.2) is 12.7 Å². The van der Waals surface area contributed by atoms with Crippen LogP contribution in [0.15, 0.2) is 4.99 Å². The van der Waals surface area contributed by atoms with E-state index < -0.39 is 15.4 Å². The average molecular weight is 390 g/mol. The molecule has 0 aromatic rings. The predicted octanol–water partition coefficient (Wildman–Crippen LogP) is 0.518. The summed E-state index contributed by atoms with van der Waals surface area (Å²) in [6.07, 6.45) is 2.12. The van der Waals surface area contributed by atoms with Crippen molar-refractivity contribution in [3.63, 3.8) is 0 Å². The Kier molecular flexibility index (Phi) is 8.82. The Balaban J connectivity index is 2.64. The van der Waals surface area contributed by atoms with Gasteiger partial charge in [0.05, 0.1) is 17.7 Å². The smallest absolute Gasteiger partial charge is 0.227 e. The highest BCUT2D eigenvalue weighted by Crippen LogP contribution is 2.17. The summed E-state index contributed by atoms with van der Waals surface area (Å²) in [5, 5.41) is 9.23. The lowest BCUT2D eigenvalue weighted by Crippen LogP contribution is -2.50. The first-order valence-electron chi connectivity index (χ1n) is 9.41. The summed E-state index contributed by atoms with van der Waals surface area (Å²) in [4.78, 5) is 16.4. The summed E-state index contributed by atoms with van der Waals surface area (Å²) in [7, 11) is -1.50. The van der Waals surface area contributed by atoms with E-state index in [4.69, 9.17) is 0 Å². The number of carbonyl (C=O) groups is 1. The third-order valence-corrected chi connectivity index (χ3v) is 6.54. The van der Waals surface area contributed by atoms with Crippen molar-refractivity contribution in [3.05, 3.63) is 0 Å². The number of nitrogens with zero attached hydrogens (tertiary/aromatic N) is 2. The quantitative estimate of drug-likeness (QED) is 0.415.